The van der Waals surface area contributed by atoms with E-state index in [1.54, 1.807) is 29.4 Å². The predicted octanol–water partition coefficient (Wildman–Crippen LogP) is 5.62. The molecule has 3 aromatic heterocycles. The summed E-state index contributed by atoms with van der Waals surface area (Å²) in [6, 6.07) is 20.5. The lowest BCUT2D eigenvalue weighted by molar-refractivity contribution is 0.386. The lowest BCUT2D eigenvalue weighted by Gasteiger charge is -2.04. The van der Waals surface area contributed by atoms with Crippen molar-refractivity contribution < 1.29 is 4.52 Å². The maximum Gasteiger partial charge on any atom is 0.237 e. The molecule has 5 rings (SSSR count). The first-order valence-electron chi connectivity index (χ1n) is 9.12. The second-order valence-corrected chi connectivity index (χ2v) is 8.25. The zero-order valence-corrected chi connectivity index (χ0v) is 17.0. The van der Waals surface area contributed by atoms with Crippen LogP contribution in [0.5, 0.6) is 0 Å². The van der Waals surface area contributed by atoms with Crippen LogP contribution in [0.3, 0.4) is 0 Å². The van der Waals surface area contributed by atoms with E-state index in [1.165, 1.54) is 5.56 Å². The first kappa shape index (κ1) is 18.0. The molecule has 0 N–H and O–H groups in total. The summed E-state index contributed by atoms with van der Waals surface area (Å²) < 4.78 is 5.44. The van der Waals surface area contributed by atoms with Crippen LogP contribution in [0.25, 0.3) is 21.3 Å². The highest BCUT2D eigenvalue weighted by Gasteiger charge is 2.15. The van der Waals surface area contributed by atoms with Gasteiger partial charge in [-0.25, -0.2) is 9.97 Å². The van der Waals surface area contributed by atoms with Crippen LogP contribution in [0, 0.1) is 0 Å². The van der Waals surface area contributed by atoms with Gasteiger partial charge in [0.1, 0.15) is 16.2 Å². The summed E-state index contributed by atoms with van der Waals surface area (Å²) in [5, 5.41) is 8.26. The van der Waals surface area contributed by atoms with Crippen molar-refractivity contribution in [2.75, 3.05) is 0 Å². The van der Waals surface area contributed by atoms with Crippen molar-refractivity contribution in [1.29, 1.82) is 0 Å². The van der Waals surface area contributed by atoms with E-state index in [9.17, 15) is 0 Å². The number of thiophene rings is 1. The first-order chi connectivity index (χ1) is 14.4. The number of fused-ring (bicyclic) bond motifs is 1. The van der Waals surface area contributed by atoms with Crippen molar-refractivity contribution in [3.05, 3.63) is 89.6 Å². The monoisotopic (exact) mass is 416 g/mol. The number of nitrogens with zero attached hydrogens (tertiary/aromatic N) is 4. The van der Waals surface area contributed by atoms with Crippen LogP contribution in [0.4, 0.5) is 0 Å². The molecule has 3 heterocycles. The summed E-state index contributed by atoms with van der Waals surface area (Å²) in [6.07, 6.45) is 2.28. The number of hydrogen-bond donors (Lipinski definition) is 0. The lowest BCUT2D eigenvalue weighted by atomic mass is 10.1. The van der Waals surface area contributed by atoms with E-state index < -0.39 is 0 Å². The van der Waals surface area contributed by atoms with Gasteiger partial charge in [0.25, 0.3) is 0 Å². The standard InChI is InChI=1S/C22H16N4OS2/c1-3-7-15(8-4-1)11-18-25-19(27-26-18)13-29-22-20-17(16-9-5-2-6-10-16)12-28-21(20)23-14-24-22/h1-10,12,14H,11,13H2. The summed E-state index contributed by atoms with van der Waals surface area (Å²) in [5.74, 6) is 1.86. The lowest BCUT2D eigenvalue weighted by Crippen LogP contribution is -1.91. The molecule has 0 spiro atoms. The molecule has 0 aliphatic heterocycles. The molecule has 0 aliphatic carbocycles. The molecule has 0 bridgehead atoms. The van der Waals surface area contributed by atoms with Crippen LogP contribution in [0.1, 0.15) is 17.3 Å². The third kappa shape index (κ3) is 3.92. The topological polar surface area (TPSA) is 64.7 Å². The fourth-order valence-corrected chi connectivity index (χ4v) is 4.95. The molecule has 0 radical (unpaired) electrons. The van der Waals surface area contributed by atoms with Gasteiger partial charge < -0.3 is 4.52 Å². The quantitative estimate of drug-likeness (QED) is 0.264. The van der Waals surface area contributed by atoms with Gasteiger partial charge in [0.05, 0.1) is 11.1 Å². The third-order valence-corrected chi connectivity index (χ3v) is 6.33. The molecular formula is C22H16N4OS2. The molecule has 0 amide bonds. The van der Waals surface area contributed by atoms with Crippen molar-refractivity contribution in [1.82, 2.24) is 20.1 Å². The van der Waals surface area contributed by atoms with Crippen LogP contribution in [0.2, 0.25) is 0 Å². The molecule has 2 aromatic carbocycles. The molecule has 7 heteroatoms. The number of thioether (sulfide) groups is 1. The summed E-state index contributed by atoms with van der Waals surface area (Å²) in [4.78, 5) is 14.5. The van der Waals surface area contributed by atoms with Crippen molar-refractivity contribution >= 4 is 33.3 Å². The van der Waals surface area contributed by atoms with Crippen molar-refractivity contribution in [2.24, 2.45) is 0 Å². The number of aromatic nitrogens is 4. The van der Waals surface area contributed by atoms with E-state index in [2.05, 4.69) is 49.8 Å². The number of hydrogen-bond acceptors (Lipinski definition) is 7. The molecule has 0 aliphatic rings. The van der Waals surface area contributed by atoms with Crippen LogP contribution in [-0.4, -0.2) is 20.1 Å². The summed E-state index contributed by atoms with van der Waals surface area (Å²) in [7, 11) is 0. The average molecular weight is 417 g/mol. The van der Waals surface area contributed by atoms with E-state index in [4.69, 9.17) is 4.52 Å². The smallest absolute Gasteiger partial charge is 0.237 e. The Morgan fingerprint density at radius 3 is 2.55 bits per heavy atom. The van der Waals surface area contributed by atoms with Gasteiger partial charge in [-0.3, -0.25) is 0 Å². The van der Waals surface area contributed by atoms with E-state index in [-0.39, 0.29) is 0 Å². The summed E-state index contributed by atoms with van der Waals surface area (Å²) in [5.41, 5.74) is 3.48. The van der Waals surface area contributed by atoms with Gasteiger partial charge in [-0.15, -0.1) is 11.3 Å². The molecule has 0 saturated carbocycles. The minimum absolute atomic E-state index is 0.567. The third-order valence-electron chi connectivity index (χ3n) is 4.47. The SMILES string of the molecule is c1ccc(Cc2noc(CSc3ncnc4scc(-c5ccccc5)c34)n2)cc1. The number of benzene rings is 2. The van der Waals surface area contributed by atoms with E-state index in [0.29, 0.717) is 23.9 Å². The van der Waals surface area contributed by atoms with E-state index >= 15 is 0 Å². The first-order valence-corrected chi connectivity index (χ1v) is 11.0. The highest BCUT2D eigenvalue weighted by Crippen LogP contribution is 2.38. The van der Waals surface area contributed by atoms with Crippen LogP contribution >= 0.6 is 23.1 Å². The normalized spacial score (nSPS) is 11.2. The molecule has 142 valence electrons. The maximum absolute atomic E-state index is 5.44. The van der Waals surface area contributed by atoms with Crippen LogP contribution in [-0.2, 0) is 12.2 Å². The van der Waals surface area contributed by atoms with Crippen LogP contribution < -0.4 is 0 Å². The summed E-state index contributed by atoms with van der Waals surface area (Å²) in [6.45, 7) is 0. The minimum atomic E-state index is 0.567. The fraction of sp³-hybridized carbons (Fsp3) is 0.0909. The van der Waals surface area contributed by atoms with Gasteiger partial charge in [0, 0.05) is 17.4 Å². The largest absolute Gasteiger partial charge is 0.338 e. The molecule has 0 fully saturated rings. The number of rotatable bonds is 6. The molecule has 0 atom stereocenters. The van der Waals surface area contributed by atoms with Crippen molar-refractivity contribution in [3.8, 4) is 11.1 Å². The fourth-order valence-electron chi connectivity index (χ4n) is 3.12. The Morgan fingerprint density at radius 1 is 0.931 bits per heavy atom. The van der Waals surface area contributed by atoms with E-state index in [0.717, 1.165) is 26.4 Å². The molecule has 0 saturated heterocycles. The highest BCUT2D eigenvalue weighted by molar-refractivity contribution is 7.98. The van der Waals surface area contributed by atoms with Crippen molar-refractivity contribution in [2.45, 2.75) is 17.2 Å². The Bertz CT molecular complexity index is 1240. The van der Waals surface area contributed by atoms with Gasteiger partial charge >= 0.3 is 0 Å². The minimum Gasteiger partial charge on any atom is -0.338 e. The Kier molecular flexibility index (Phi) is 5.06. The zero-order chi connectivity index (χ0) is 19.5. The molecule has 29 heavy (non-hydrogen) atoms. The predicted molar refractivity (Wildman–Crippen MR) is 116 cm³/mol. The molecular weight excluding hydrogens is 400 g/mol. The van der Waals surface area contributed by atoms with E-state index in [1.807, 2.05) is 36.4 Å². The molecule has 5 aromatic rings. The Labute approximate surface area is 175 Å². The highest BCUT2D eigenvalue weighted by atomic mass is 32.2. The van der Waals surface area contributed by atoms with Crippen LogP contribution in [0.15, 0.2) is 81.9 Å². The Balaban J connectivity index is 1.37. The summed E-state index contributed by atoms with van der Waals surface area (Å²) >= 11 is 3.23. The van der Waals surface area contributed by atoms with Gasteiger partial charge in [0.2, 0.25) is 5.89 Å². The Morgan fingerprint density at radius 2 is 1.72 bits per heavy atom. The molecule has 5 nitrogen and oxygen atoms in total. The average Bonchev–Trinajstić information content (AvgIpc) is 3.41. The zero-order valence-electron chi connectivity index (χ0n) is 15.4. The van der Waals surface area contributed by atoms with Gasteiger partial charge in [-0.2, -0.15) is 4.98 Å². The maximum atomic E-state index is 5.44. The molecule has 0 unspecified atom stereocenters. The van der Waals surface area contributed by atoms with Gasteiger partial charge in [-0.05, 0) is 11.1 Å². The van der Waals surface area contributed by atoms with Gasteiger partial charge in [0.15, 0.2) is 5.82 Å². The van der Waals surface area contributed by atoms with Crippen molar-refractivity contribution in [3.63, 3.8) is 0 Å². The Hall–Kier alpha value is -3.03. The second-order valence-electron chi connectivity index (χ2n) is 6.43. The van der Waals surface area contributed by atoms with Gasteiger partial charge in [-0.1, -0.05) is 77.6 Å². The second kappa shape index (κ2) is 8.14.